The minimum atomic E-state index is -0.0702. The van der Waals surface area contributed by atoms with Crippen LogP contribution in [0.5, 0.6) is 0 Å². The lowest BCUT2D eigenvalue weighted by molar-refractivity contribution is 0.581. The first-order valence-electron chi connectivity index (χ1n) is 8.84. The van der Waals surface area contributed by atoms with Crippen molar-refractivity contribution in [1.82, 2.24) is 0 Å². The second-order valence-electron chi connectivity index (χ2n) is 7.61. The molecule has 128 valence electrons. The SMILES string of the molecule is Cc1cc([S+](c2ccccc2)c2ccccc2)cc(C)c1C(C)(C)C. The van der Waals surface area contributed by atoms with Crippen molar-refractivity contribution in [2.75, 3.05) is 0 Å². The Kier molecular flexibility index (Phi) is 5.06. The summed E-state index contributed by atoms with van der Waals surface area (Å²) in [6.45, 7) is 11.4. The zero-order valence-corrected chi connectivity index (χ0v) is 16.7. The van der Waals surface area contributed by atoms with E-state index in [1.54, 1.807) is 0 Å². The van der Waals surface area contributed by atoms with Gasteiger partial charge in [-0.2, -0.15) is 0 Å². The fourth-order valence-electron chi connectivity index (χ4n) is 3.75. The molecule has 0 amide bonds. The third-order valence-electron chi connectivity index (χ3n) is 4.45. The van der Waals surface area contributed by atoms with E-state index in [4.69, 9.17) is 0 Å². The molecule has 0 fully saturated rings. The van der Waals surface area contributed by atoms with Crippen LogP contribution in [0.1, 0.15) is 37.5 Å². The second kappa shape index (κ2) is 7.09. The summed E-state index contributed by atoms with van der Waals surface area (Å²) in [6, 6.07) is 26.5. The van der Waals surface area contributed by atoms with Gasteiger partial charge in [-0.1, -0.05) is 57.2 Å². The van der Waals surface area contributed by atoms with Crippen LogP contribution in [0.15, 0.2) is 87.5 Å². The molecule has 0 aliphatic carbocycles. The van der Waals surface area contributed by atoms with Gasteiger partial charge in [-0.25, -0.2) is 0 Å². The molecule has 0 unspecified atom stereocenters. The van der Waals surface area contributed by atoms with E-state index in [1.165, 1.54) is 31.4 Å². The average molecular weight is 348 g/mol. The maximum Gasteiger partial charge on any atom is 0.167 e. The minimum Gasteiger partial charge on any atom is -0.0619 e. The van der Waals surface area contributed by atoms with Crippen LogP contribution in [0, 0.1) is 13.8 Å². The van der Waals surface area contributed by atoms with Crippen LogP contribution in [-0.4, -0.2) is 0 Å². The van der Waals surface area contributed by atoms with E-state index in [1.807, 2.05) is 0 Å². The Bertz CT molecular complexity index is 780. The van der Waals surface area contributed by atoms with Crippen LogP contribution in [0.4, 0.5) is 0 Å². The third-order valence-corrected chi connectivity index (χ3v) is 6.64. The van der Waals surface area contributed by atoms with Gasteiger partial charge in [0.1, 0.15) is 0 Å². The molecule has 0 bridgehead atoms. The zero-order valence-electron chi connectivity index (χ0n) is 15.8. The smallest absolute Gasteiger partial charge is 0.0619 e. The number of benzene rings is 3. The highest BCUT2D eigenvalue weighted by Crippen LogP contribution is 2.36. The van der Waals surface area contributed by atoms with Gasteiger partial charge < -0.3 is 0 Å². The molecule has 3 aromatic rings. The molecule has 0 aromatic heterocycles. The van der Waals surface area contributed by atoms with Crippen LogP contribution in [0.3, 0.4) is 0 Å². The maximum atomic E-state index is 2.40. The summed E-state index contributed by atoms with van der Waals surface area (Å²) >= 11 is 0. The van der Waals surface area contributed by atoms with Crippen molar-refractivity contribution < 1.29 is 0 Å². The summed E-state index contributed by atoms with van der Waals surface area (Å²) in [5.74, 6) is 0. The van der Waals surface area contributed by atoms with Gasteiger partial charge in [0.25, 0.3) is 0 Å². The van der Waals surface area contributed by atoms with Gasteiger partial charge in [0.2, 0.25) is 0 Å². The zero-order chi connectivity index (χ0) is 18.0. The van der Waals surface area contributed by atoms with E-state index in [9.17, 15) is 0 Å². The molecule has 3 rings (SSSR count). The molecular weight excluding hydrogens is 320 g/mol. The van der Waals surface area contributed by atoms with Crippen molar-refractivity contribution in [2.45, 2.75) is 54.7 Å². The van der Waals surface area contributed by atoms with Gasteiger partial charge in [-0.3, -0.25) is 0 Å². The summed E-state index contributed by atoms with van der Waals surface area (Å²) in [5.41, 5.74) is 4.43. The molecule has 0 atom stereocenters. The summed E-state index contributed by atoms with van der Waals surface area (Å²) in [5, 5.41) is 0. The Labute approximate surface area is 155 Å². The van der Waals surface area contributed by atoms with Crippen molar-refractivity contribution in [1.29, 1.82) is 0 Å². The van der Waals surface area contributed by atoms with Crippen molar-refractivity contribution >= 4 is 10.9 Å². The molecule has 0 spiro atoms. The molecule has 3 aromatic carbocycles. The van der Waals surface area contributed by atoms with Crippen molar-refractivity contribution in [3.05, 3.63) is 89.5 Å². The van der Waals surface area contributed by atoms with Crippen LogP contribution < -0.4 is 0 Å². The Morgan fingerprint density at radius 3 is 1.36 bits per heavy atom. The van der Waals surface area contributed by atoms with E-state index in [-0.39, 0.29) is 16.3 Å². The maximum absolute atomic E-state index is 2.40. The summed E-state index contributed by atoms with van der Waals surface area (Å²) in [4.78, 5) is 4.15. The molecule has 25 heavy (non-hydrogen) atoms. The first kappa shape index (κ1) is 17.8. The van der Waals surface area contributed by atoms with Crippen molar-refractivity contribution in [3.8, 4) is 0 Å². The molecule has 0 nitrogen and oxygen atoms in total. The van der Waals surface area contributed by atoms with Gasteiger partial charge in [-0.15, -0.1) is 0 Å². The van der Waals surface area contributed by atoms with Gasteiger partial charge in [-0.05, 0) is 72.4 Å². The Hall–Kier alpha value is -1.99. The van der Waals surface area contributed by atoms with E-state index < -0.39 is 0 Å². The molecule has 0 radical (unpaired) electrons. The predicted octanol–water partition coefficient (Wildman–Crippen LogP) is 6.70. The Balaban J connectivity index is 2.18. The Morgan fingerprint density at radius 2 is 1.00 bits per heavy atom. The standard InChI is InChI=1S/C24H27S/c1-18-16-22(17-19(2)23(18)24(3,4)5)25(20-12-8-6-9-13-20)21-14-10-7-11-15-21/h6-17H,1-5H3/q+1. The third kappa shape index (κ3) is 3.82. The summed E-state index contributed by atoms with van der Waals surface area (Å²) in [6.07, 6.45) is 0. The highest BCUT2D eigenvalue weighted by atomic mass is 32.2. The first-order valence-corrected chi connectivity index (χ1v) is 10.1. The van der Waals surface area contributed by atoms with Gasteiger partial charge in [0, 0.05) is 0 Å². The molecule has 1 heteroatoms. The fraction of sp³-hybridized carbons (Fsp3) is 0.250. The van der Waals surface area contributed by atoms with E-state index in [2.05, 4.69) is 107 Å². The van der Waals surface area contributed by atoms with Gasteiger partial charge in [0.15, 0.2) is 14.7 Å². The first-order chi connectivity index (χ1) is 11.9. The average Bonchev–Trinajstić information content (AvgIpc) is 2.55. The number of rotatable bonds is 3. The second-order valence-corrected chi connectivity index (χ2v) is 9.64. The van der Waals surface area contributed by atoms with Gasteiger partial charge >= 0.3 is 0 Å². The minimum absolute atomic E-state index is 0.0702. The van der Waals surface area contributed by atoms with Crippen LogP contribution in [0.2, 0.25) is 0 Å². The lowest BCUT2D eigenvalue weighted by Crippen LogP contribution is -2.16. The number of hydrogen-bond acceptors (Lipinski definition) is 0. The lowest BCUT2D eigenvalue weighted by atomic mass is 9.81. The highest BCUT2D eigenvalue weighted by molar-refractivity contribution is 7.97. The summed E-state index contributed by atoms with van der Waals surface area (Å²) < 4.78 is 0. The van der Waals surface area contributed by atoms with Crippen LogP contribution in [0.25, 0.3) is 0 Å². The fourth-order valence-corrected chi connectivity index (χ4v) is 6.01. The largest absolute Gasteiger partial charge is 0.167 e. The van der Waals surface area contributed by atoms with Crippen molar-refractivity contribution in [3.63, 3.8) is 0 Å². The molecule has 0 aliphatic heterocycles. The Morgan fingerprint density at radius 1 is 0.600 bits per heavy atom. The predicted molar refractivity (Wildman–Crippen MR) is 110 cm³/mol. The molecule has 0 saturated carbocycles. The van der Waals surface area contributed by atoms with Crippen LogP contribution in [-0.2, 0) is 16.3 Å². The highest BCUT2D eigenvalue weighted by Gasteiger charge is 2.30. The van der Waals surface area contributed by atoms with E-state index in [0.717, 1.165) is 0 Å². The van der Waals surface area contributed by atoms with E-state index >= 15 is 0 Å². The molecule has 0 N–H and O–H groups in total. The monoisotopic (exact) mass is 347 g/mol. The van der Waals surface area contributed by atoms with Crippen molar-refractivity contribution in [2.24, 2.45) is 0 Å². The topological polar surface area (TPSA) is 0 Å². The quantitative estimate of drug-likeness (QED) is 0.463. The molecule has 0 heterocycles. The normalized spacial score (nSPS) is 11.8. The van der Waals surface area contributed by atoms with Gasteiger partial charge in [0.05, 0.1) is 10.9 Å². The lowest BCUT2D eigenvalue weighted by Gasteiger charge is -2.24. The summed E-state index contributed by atoms with van der Waals surface area (Å²) in [7, 11) is -0.0702. The van der Waals surface area contributed by atoms with E-state index in [0.29, 0.717) is 0 Å². The molecule has 0 aliphatic rings. The molecule has 0 saturated heterocycles. The number of hydrogen-bond donors (Lipinski definition) is 0. The van der Waals surface area contributed by atoms with Crippen LogP contribution >= 0.6 is 0 Å². The molecular formula is C24H27S+. The number of aryl methyl sites for hydroxylation is 2.